The van der Waals surface area contributed by atoms with Gasteiger partial charge in [-0.05, 0) is 43.3 Å². The molecule has 5 heteroatoms. The third-order valence-corrected chi connectivity index (χ3v) is 2.72. The number of aromatic amines is 1. The lowest BCUT2D eigenvalue weighted by Crippen LogP contribution is -2.08. The molecule has 0 aliphatic rings. The van der Waals surface area contributed by atoms with Crippen LogP contribution in [0.1, 0.15) is 37.3 Å². The van der Waals surface area contributed by atoms with E-state index in [0.29, 0.717) is 5.89 Å². The minimum Gasteiger partial charge on any atom is -0.481 e. The highest BCUT2D eigenvalue weighted by Crippen LogP contribution is 2.25. The molecule has 1 atom stereocenters. The second-order valence-electron chi connectivity index (χ2n) is 4.16. The Labute approximate surface area is 111 Å². The van der Waals surface area contributed by atoms with Crippen LogP contribution in [0.4, 0.5) is 0 Å². The Kier molecular flexibility index (Phi) is 4.15. The fourth-order valence-electron chi connectivity index (χ4n) is 1.73. The van der Waals surface area contributed by atoms with Gasteiger partial charge in [0, 0.05) is 0 Å². The van der Waals surface area contributed by atoms with E-state index in [-0.39, 0.29) is 10.9 Å². The molecule has 1 N–H and O–H groups in total. The van der Waals surface area contributed by atoms with Gasteiger partial charge in [0.25, 0.3) is 10.7 Å². The van der Waals surface area contributed by atoms with E-state index in [0.717, 1.165) is 24.2 Å². The first kappa shape index (κ1) is 12.8. The molecule has 0 radical (unpaired) electrons. The van der Waals surface area contributed by atoms with Crippen LogP contribution in [0.2, 0.25) is 0 Å². The first-order chi connectivity index (χ1) is 8.69. The van der Waals surface area contributed by atoms with Crippen molar-refractivity contribution in [3.05, 3.63) is 40.6 Å². The number of nitrogens with one attached hydrogen (secondary N) is 1. The standard InChI is InChI=1S/C13H16N2O2S/c1-3-5-11(12-14-15-13(18)17-12)16-10-7-4-6-9(2)8-10/h4,6-8,11H,3,5H2,1-2H3,(H,15,18). The quantitative estimate of drug-likeness (QED) is 0.830. The van der Waals surface area contributed by atoms with Gasteiger partial charge >= 0.3 is 0 Å². The van der Waals surface area contributed by atoms with E-state index in [9.17, 15) is 0 Å². The minimum absolute atomic E-state index is 0.204. The lowest BCUT2D eigenvalue weighted by atomic mass is 10.2. The third kappa shape index (κ3) is 3.20. The second kappa shape index (κ2) is 5.82. The van der Waals surface area contributed by atoms with E-state index in [1.54, 1.807) is 0 Å². The summed E-state index contributed by atoms with van der Waals surface area (Å²) in [5.74, 6) is 1.32. The average Bonchev–Trinajstić information content (AvgIpc) is 2.75. The van der Waals surface area contributed by atoms with Crippen molar-refractivity contribution in [2.45, 2.75) is 32.8 Å². The van der Waals surface area contributed by atoms with Gasteiger partial charge in [0.05, 0.1) is 0 Å². The Balaban J connectivity index is 2.18. The monoisotopic (exact) mass is 264 g/mol. The van der Waals surface area contributed by atoms with Gasteiger partial charge in [-0.3, -0.25) is 0 Å². The highest BCUT2D eigenvalue weighted by molar-refractivity contribution is 7.71. The predicted molar refractivity (Wildman–Crippen MR) is 71.1 cm³/mol. The largest absolute Gasteiger partial charge is 0.481 e. The molecule has 2 aromatic rings. The molecule has 0 aliphatic carbocycles. The highest BCUT2D eigenvalue weighted by atomic mass is 32.1. The molecular formula is C13H16N2O2S. The minimum atomic E-state index is -0.204. The Morgan fingerprint density at radius 3 is 2.94 bits per heavy atom. The molecule has 1 aromatic carbocycles. The maximum atomic E-state index is 5.91. The fourth-order valence-corrected chi connectivity index (χ4v) is 1.86. The SMILES string of the molecule is CCCC(Oc1cccc(C)c1)c1n[nH]c(=S)o1. The van der Waals surface area contributed by atoms with E-state index in [1.807, 2.05) is 31.2 Å². The van der Waals surface area contributed by atoms with Gasteiger partial charge in [0.2, 0.25) is 0 Å². The molecule has 1 heterocycles. The molecule has 0 fully saturated rings. The molecule has 2 rings (SSSR count). The highest BCUT2D eigenvalue weighted by Gasteiger charge is 2.18. The van der Waals surface area contributed by atoms with Crippen molar-refractivity contribution in [1.29, 1.82) is 0 Å². The fraction of sp³-hybridized carbons (Fsp3) is 0.385. The van der Waals surface area contributed by atoms with Crippen molar-refractivity contribution in [1.82, 2.24) is 10.2 Å². The Bertz CT molecular complexity index is 562. The number of hydrogen-bond donors (Lipinski definition) is 1. The first-order valence-electron chi connectivity index (χ1n) is 5.97. The maximum absolute atomic E-state index is 5.91. The summed E-state index contributed by atoms with van der Waals surface area (Å²) >= 11 is 4.88. The molecule has 0 amide bonds. The zero-order chi connectivity index (χ0) is 13.0. The molecule has 4 nitrogen and oxygen atoms in total. The van der Waals surface area contributed by atoms with Gasteiger partial charge in [-0.15, -0.1) is 5.10 Å². The molecule has 18 heavy (non-hydrogen) atoms. The van der Waals surface area contributed by atoms with Crippen LogP contribution >= 0.6 is 12.2 Å². The van der Waals surface area contributed by atoms with E-state index >= 15 is 0 Å². The van der Waals surface area contributed by atoms with E-state index < -0.39 is 0 Å². The van der Waals surface area contributed by atoms with Crippen LogP contribution in [0.3, 0.4) is 0 Å². The van der Waals surface area contributed by atoms with Crippen LogP contribution in [0.15, 0.2) is 28.7 Å². The van der Waals surface area contributed by atoms with Crippen molar-refractivity contribution >= 4 is 12.2 Å². The smallest absolute Gasteiger partial charge is 0.284 e. The summed E-state index contributed by atoms with van der Waals surface area (Å²) in [4.78, 5) is 0.277. The van der Waals surface area contributed by atoms with Crippen LogP contribution in [0.5, 0.6) is 5.75 Å². The van der Waals surface area contributed by atoms with Gasteiger partial charge in [-0.25, -0.2) is 5.10 Å². The van der Waals surface area contributed by atoms with Crippen molar-refractivity contribution < 1.29 is 9.15 Å². The summed E-state index contributed by atoms with van der Waals surface area (Å²) in [5, 5.41) is 6.66. The van der Waals surface area contributed by atoms with Crippen LogP contribution in [-0.4, -0.2) is 10.2 Å². The number of aromatic nitrogens is 2. The van der Waals surface area contributed by atoms with E-state index in [2.05, 4.69) is 17.1 Å². The lowest BCUT2D eigenvalue weighted by molar-refractivity contribution is 0.158. The van der Waals surface area contributed by atoms with Gasteiger partial charge in [0.1, 0.15) is 5.75 Å². The maximum Gasteiger partial charge on any atom is 0.284 e. The molecule has 0 aliphatic heterocycles. The average molecular weight is 264 g/mol. The number of aryl methyl sites for hydroxylation is 1. The normalized spacial score (nSPS) is 12.3. The van der Waals surface area contributed by atoms with Crippen molar-refractivity contribution in [2.24, 2.45) is 0 Å². The number of hydrogen-bond acceptors (Lipinski definition) is 4. The molecule has 96 valence electrons. The lowest BCUT2D eigenvalue weighted by Gasteiger charge is -2.15. The number of H-pyrrole nitrogens is 1. The van der Waals surface area contributed by atoms with Crippen LogP contribution in [0, 0.1) is 11.8 Å². The molecular weight excluding hydrogens is 248 g/mol. The summed E-state index contributed by atoms with van der Waals surface area (Å²) in [5.41, 5.74) is 1.16. The summed E-state index contributed by atoms with van der Waals surface area (Å²) < 4.78 is 11.2. The van der Waals surface area contributed by atoms with Gasteiger partial charge in [-0.1, -0.05) is 25.5 Å². The molecule has 0 spiro atoms. The Morgan fingerprint density at radius 1 is 1.50 bits per heavy atom. The van der Waals surface area contributed by atoms with Crippen LogP contribution in [-0.2, 0) is 0 Å². The Morgan fingerprint density at radius 2 is 2.33 bits per heavy atom. The predicted octanol–water partition coefficient (Wildman–Crippen LogP) is 3.96. The van der Waals surface area contributed by atoms with Crippen molar-refractivity contribution in [3.63, 3.8) is 0 Å². The molecule has 1 aromatic heterocycles. The zero-order valence-electron chi connectivity index (χ0n) is 10.5. The van der Waals surface area contributed by atoms with Gasteiger partial charge < -0.3 is 9.15 Å². The Hall–Kier alpha value is -1.62. The van der Waals surface area contributed by atoms with Crippen molar-refractivity contribution in [2.75, 3.05) is 0 Å². The second-order valence-corrected chi connectivity index (χ2v) is 4.53. The van der Waals surface area contributed by atoms with E-state index in [4.69, 9.17) is 21.4 Å². The summed E-state index contributed by atoms with van der Waals surface area (Å²) in [6.07, 6.45) is 1.60. The third-order valence-electron chi connectivity index (χ3n) is 2.55. The number of benzene rings is 1. The van der Waals surface area contributed by atoms with Gasteiger partial charge in [-0.2, -0.15) is 0 Å². The van der Waals surface area contributed by atoms with Crippen molar-refractivity contribution in [3.8, 4) is 5.75 Å². The van der Waals surface area contributed by atoms with Crippen LogP contribution < -0.4 is 4.74 Å². The topological polar surface area (TPSA) is 51.0 Å². The number of rotatable bonds is 5. The van der Waals surface area contributed by atoms with Gasteiger partial charge in [0.15, 0.2) is 6.10 Å². The number of ether oxygens (including phenoxy) is 1. The first-order valence-corrected chi connectivity index (χ1v) is 6.38. The zero-order valence-corrected chi connectivity index (χ0v) is 11.3. The number of nitrogens with zero attached hydrogens (tertiary/aromatic N) is 1. The molecule has 0 bridgehead atoms. The summed E-state index contributed by atoms with van der Waals surface area (Å²) in [7, 11) is 0. The molecule has 0 saturated heterocycles. The molecule has 0 saturated carbocycles. The van der Waals surface area contributed by atoms with E-state index in [1.165, 1.54) is 0 Å². The summed E-state index contributed by atoms with van der Waals surface area (Å²) in [6, 6.07) is 7.91. The molecule has 1 unspecified atom stereocenters. The van der Waals surface area contributed by atoms with Crippen LogP contribution in [0.25, 0.3) is 0 Å². The summed E-state index contributed by atoms with van der Waals surface area (Å²) in [6.45, 7) is 4.12.